The molecule has 0 atom stereocenters. The number of nitrogens with zero attached hydrogens (tertiary/aromatic N) is 3. The Labute approximate surface area is 152 Å². The second kappa shape index (κ2) is 7.58. The molecule has 0 radical (unpaired) electrons. The van der Waals surface area contributed by atoms with Crippen molar-refractivity contribution >= 4 is 23.1 Å². The molecule has 0 aliphatic carbocycles. The lowest BCUT2D eigenvalue weighted by Crippen LogP contribution is -2.30. The SMILES string of the molecule is CN1C(=C(C#N)C(=O)COC(=O)C2CCOCC2)N(C)c2ccccc21. The Morgan fingerprint density at radius 2 is 1.77 bits per heavy atom. The molecule has 26 heavy (non-hydrogen) atoms. The Balaban J connectivity index is 1.74. The third kappa shape index (κ3) is 3.28. The number of carbonyl (C=O) groups is 2. The lowest BCUT2D eigenvalue weighted by molar-refractivity contribution is -0.154. The van der Waals surface area contributed by atoms with Crippen LogP contribution < -0.4 is 9.80 Å². The van der Waals surface area contributed by atoms with E-state index in [1.807, 2.05) is 30.3 Å². The highest BCUT2D eigenvalue weighted by Gasteiger charge is 2.32. The predicted molar refractivity (Wildman–Crippen MR) is 95.4 cm³/mol. The van der Waals surface area contributed by atoms with E-state index in [1.54, 1.807) is 23.9 Å². The minimum atomic E-state index is -0.505. The standard InChI is InChI=1S/C19H21N3O4/c1-21-15-5-3-4-6-16(15)22(2)18(21)14(11-20)17(23)12-26-19(24)13-7-9-25-10-8-13/h3-6,13H,7-10,12H2,1-2H3. The summed E-state index contributed by atoms with van der Waals surface area (Å²) in [4.78, 5) is 28.2. The fourth-order valence-electron chi connectivity index (χ4n) is 3.32. The van der Waals surface area contributed by atoms with Gasteiger partial charge in [0.2, 0.25) is 5.78 Å². The van der Waals surface area contributed by atoms with E-state index >= 15 is 0 Å². The Hall–Kier alpha value is -2.85. The van der Waals surface area contributed by atoms with Crippen molar-refractivity contribution in [3.63, 3.8) is 0 Å². The van der Waals surface area contributed by atoms with Crippen molar-refractivity contribution in [3.8, 4) is 6.07 Å². The highest BCUT2D eigenvalue weighted by Crippen LogP contribution is 2.40. The molecule has 0 saturated carbocycles. The molecule has 1 fully saturated rings. The summed E-state index contributed by atoms with van der Waals surface area (Å²) in [6.07, 6.45) is 1.19. The molecular formula is C19H21N3O4. The maximum absolute atomic E-state index is 12.6. The fourth-order valence-corrected chi connectivity index (χ4v) is 3.32. The van der Waals surface area contributed by atoms with E-state index in [9.17, 15) is 14.9 Å². The first kappa shape index (κ1) is 18.0. The second-order valence-electron chi connectivity index (χ2n) is 6.33. The smallest absolute Gasteiger partial charge is 0.309 e. The van der Waals surface area contributed by atoms with Crippen molar-refractivity contribution < 1.29 is 19.1 Å². The van der Waals surface area contributed by atoms with Gasteiger partial charge in [0, 0.05) is 27.3 Å². The molecule has 0 spiro atoms. The number of Topliss-reactive ketones (excluding diaryl/α,β-unsaturated/α-hetero) is 1. The number of nitriles is 1. The van der Waals surface area contributed by atoms with Gasteiger partial charge in [0.15, 0.2) is 6.61 Å². The molecule has 0 amide bonds. The van der Waals surface area contributed by atoms with Gasteiger partial charge in [0.1, 0.15) is 17.5 Å². The number of anilines is 2. The minimum Gasteiger partial charge on any atom is -0.457 e. The zero-order chi connectivity index (χ0) is 18.7. The molecule has 1 saturated heterocycles. The van der Waals surface area contributed by atoms with Crippen molar-refractivity contribution in [1.82, 2.24) is 0 Å². The van der Waals surface area contributed by atoms with E-state index in [4.69, 9.17) is 9.47 Å². The number of esters is 1. The number of carbonyl (C=O) groups excluding carboxylic acids is 2. The number of hydrogen-bond acceptors (Lipinski definition) is 7. The summed E-state index contributed by atoms with van der Waals surface area (Å²) in [5, 5.41) is 9.55. The van der Waals surface area contributed by atoms with Gasteiger partial charge in [-0.25, -0.2) is 0 Å². The maximum atomic E-state index is 12.6. The molecule has 2 aliphatic rings. The molecular weight excluding hydrogens is 334 g/mol. The van der Waals surface area contributed by atoms with Gasteiger partial charge < -0.3 is 19.3 Å². The van der Waals surface area contributed by atoms with Crippen molar-refractivity contribution in [2.75, 3.05) is 43.7 Å². The topological polar surface area (TPSA) is 82.9 Å². The minimum absolute atomic E-state index is 0.0222. The van der Waals surface area contributed by atoms with Crippen molar-refractivity contribution in [2.24, 2.45) is 5.92 Å². The highest BCUT2D eigenvalue weighted by atomic mass is 16.5. The van der Waals surface area contributed by atoms with Gasteiger partial charge in [0.25, 0.3) is 0 Å². The summed E-state index contributed by atoms with van der Waals surface area (Å²) in [5.74, 6) is -0.661. The molecule has 0 N–H and O–H groups in total. The zero-order valence-corrected chi connectivity index (χ0v) is 14.9. The summed E-state index contributed by atoms with van der Waals surface area (Å²) in [5.41, 5.74) is 1.79. The van der Waals surface area contributed by atoms with E-state index in [-0.39, 0.29) is 11.5 Å². The van der Waals surface area contributed by atoms with Crippen LogP contribution in [-0.4, -0.2) is 45.7 Å². The predicted octanol–water partition coefficient (Wildman–Crippen LogP) is 1.85. The van der Waals surface area contributed by atoms with E-state index in [0.717, 1.165) is 11.4 Å². The van der Waals surface area contributed by atoms with Gasteiger partial charge in [-0.05, 0) is 25.0 Å². The normalized spacial score (nSPS) is 16.9. The largest absolute Gasteiger partial charge is 0.457 e. The van der Waals surface area contributed by atoms with Crippen molar-refractivity contribution in [2.45, 2.75) is 12.8 Å². The van der Waals surface area contributed by atoms with E-state index in [2.05, 4.69) is 0 Å². The van der Waals surface area contributed by atoms with Crippen LogP contribution in [0.25, 0.3) is 0 Å². The second-order valence-corrected chi connectivity index (χ2v) is 6.33. The van der Waals surface area contributed by atoms with Crippen LogP contribution in [0.3, 0.4) is 0 Å². The van der Waals surface area contributed by atoms with Crippen molar-refractivity contribution in [1.29, 1.82) is 5.26 Å². The Kier molecular flexibility index (Phi) is 5.24. The first-order chi connectivity index (χ1) is 12.5. The number of fused-ring (bicyclic) bond motifs is 1. The molecule has 136 valence electrons. The van der Waals surface area contributed by atoms with Gasteiger partial charge >= 0.3 is 5.97 Å². The van der Waals surface area contributed by atoms with Crippen LogP contribution in [0, 0.1) is 17.2 Å². The van der Waals surface area contributed by atoms with Gasteiger partial charge in [-0.1, -0.05) is 12.1 Å². The summed E-state index contributed by atoms with van der Waals surface area (Å²) < 4.78 is 10.4. The summed E-state index contributed by atoms with van der Waals surface area (Å²) in [6, 6.07) is 9.62. The van der Waals surface area contributed by atoms with Crippen LogP contribution in [0.4, 0.5) is 11.4 Å². The summed E-state index contributed by atoms with van der Waals surface area (Å²) in [7, 11) is 3.60. The van der Waals surface area contributed by atoms with E-state index in [0.29, 0.717) is 31.9 Å². The van der Waals surface area contributed by atoms with E-state index < -0.39 is 18.4 Å². The van der Waals surface area contributed by atoms with Crippen LogP contribution in [0.5, 0.6) is 0 Å². The lowest BCUT2D eigenvalue weighted by atomic mass is 10.0. The Bertz CT molecular complexity index is 759. The van der Waals surface area contributed by atoms with Gasteiger partial charge in [-0.2, -0.15) is 5.26 Å². The number of hydrogen-bond donors (Lipinski definition) is 0. The Morgan fingerprint density at radius 1 is 1.19 bits per heavy atom. The summed E-state index contributed by atoms with van der Waals surface area (Å²) in [6.45, 7) is 0.616. The number of ether oxygens (including phenoxy) is 2. The summed E-state index contributed by atoms with van der Waals surface area (Å²) >= 11 is 0. The van der Waals surface area contributed by atoms with Crippen LogP contribution in [0.15, 0.2) is 35.7 Å². The molecule has 2 heterocycles. The number of benzene rings is 1. The Morgan fingerprint density at radius 3 is 2.31 bits per heavy atom. The molecule has 7 nitrogen and oxygen atoms in total. The average molecular weight is 355 g/mol. The third-order valence-corrected chi connectivity index (χ3v) is 4.75. The lowest BCUT2D eigenvalue weighted by Gasteiger charge is -2.21. The molecule has 1 aromatic rings. The maximum Gasteiger partial charge on any atom is 0.309 e. The number of ketones is 1. The molecule has 2 aliphatic heterocycles. The third-order valence-electron chi connectivity index (χ3n) is 4.75. The van der Waals surface area contributed by atoms with Crippen LogP contribution >= 0.6 is 0 Å². The van der Waals surface area contributed by atoms with Gasteiger partial charge in [-0.3, -0.25) is 9.59 Å². The van der Waals surface area contributed by atoms with Crippen LogP contribution in [0.2, 0.25) is 0 Å². The quantitative estimate of drug-likeness (QED) is 0.463. The highest BCUT2D eigenvalue weighted by molar-refractivity contribution is 6.03. The van der Waals surface area contributed by atoms with Gasteiger partial charge in [0.05, 0.1) is 17.3 Å². The molecule has 3 rings (SSSR count). The number of rotatable bonds is 4. The van der Waals surface area contributed by atoms with Crippen LogP contribution in [0.1, 0.15) is 12.8 Å². The van der Waals surface area contributed by atoms with E-state index in [1.165, 1.54) is 0 Å². The molecule has 1 aromatic carbocycles. The molecule has 7 heteroatoms. The van der Waals surface area contributed by atoms with Gasteiger partial charge in [-0.15, -0.1) is 0 Å². The monoisotopic (exact) mass is 355 g/mol. The molecule has 0 bridgehead atoms. The first-order valence-corrected chi connectivity index (χ1v) is 8.53. The van der Waals surface area contributed by atoms with Crippen molar-refractivity contribution in [3.05, 3.63) is 35.7 Å². The fraction of sp³-hybridized carbons (Fsp3) is 0.421. The molecule has 0 unspecified atom stereocenters. The van der Waals surface area contributed by atoms with Crippen LogP contribution in [-0.2, 0) is 19.1 Å². The number of para-hydroxylation sites is 2. The first-order valence-electron chi connectivity index (χ1n) is 8.53. The molecule has 0 aromatic heterocycles. The average Bonchev–Trinajstić information content (AvgIpc) is 2.93. The zero-order valence-electron chi connectivity index (χ0n) is 14.9.